The van der Waals surface area contributed by atoms with Crippen molar-refractivity contribution in [2.75, 3.05) is 13.2 Å². The molecule has 2 atom stereocenters. The zero-order chi connectivity index (χ0) is 44.7. The van der Waals surface area contributed by atoms with Crippen LogP contribution in [0.4, 0.5) is 0 Å². The predicted octanol–water partition coefficient (Wildman–Crippen LogP) is 17.7. The molecule has 0 heterocycles. The van der Waals surface area contributed by atoms with Crippen LogP contribution in [0.5, 0.6) is 0 Å². The van der Waals surface area contributed by atoms with E-state index >= 15 is 0 Å². The maximum atomic E-state index is 12.8. The predicted molar refractivity (Wildman–Crippen MR) is 261 cm³/mol. The first-order valence-electron chi connectivity index (χ1n) is 27.3. The number of hydrogen-bond donors (Lipinski definition) is 0. The Kier molecular flexibility index (Phi) is 46.6. The average Bonchev–Trinajstić information content (AvgIpc) is 3.24. The quantitative estimate of drug-likeness (QED) is 0.0344. The summed E-state index contributed by atoms with van der Waals surface area (Å²) in [6, 6.07) is 0. The molecule has 6 nitrogen and oxygen atoms in total. The van der Waals surface area contributed by atoms with E-state index < -0.39 is 6.10 Å². The van der Waals surface area contributed by atoms with Gasteiger partial charge < -0.3 is 14.2 Å². The molecule has 0 aliphatic rings. The lowest BCUT2D eigenvalue weighted by Crippen LogP contribution is -2.30. The van der Waals surface area contributed by atoms with Gasteiger partial charge in [0.2, 0.25) is 0 Å². The first-order chi connectivity index (χ1) is 29.8. The number of esters is 3. The second-order valence-electron chi connectivity index (χ2n) is 19.6. The molecule has 1 unspecified atom stereocenters. The van der Waals surface area contributed by atoms with Crippen LogP contribution in [-0.2, 0) is 28.6 Å². The average molecular weight is 863 g/mol. The highest BCUT2D eigenvalue weighted by molar-refractivity contribution is 5.71. The van der Waals surface area contributed by atoms with Gasteiger partial charge in [-0.1, -0.05) is 266 Å². The van der Waals surface area contributed by atoms with Crippen molar-refractivity contribution < 1.29 is 28.6 Å². The summed E-state index contributed by atoms with van der Waals surface area (Å²) in [7, 11) is 0. The lowest BCUT2D eigenvalue weighted by atomic mass is 9.99. The van der Waals surface area contributed by atoms with Gasteiger partial charge in [-0.25, -0.2) is 0 Å². The minimum absolute atomic E-state index is 0.0637. The molecular weight excluding hydrogens is 757 g/mol. The van der Waals surface area contributed by atoms with E-state index in [2.05, 4.69) is 34.6 Å². The van der Waals surface area contributed by atoms with E-state index in [1.807, 2.05) is 0 Å². The van der Waals surface area contributed by atoms with Gasteiger partial charge in [-0.3, -0.25) is 14.4 Å². The van der Waals surface area contributed by atoms with Crippen molar-refractivity contribution in [3.63, 3.8) is 0 Å². The van der Waals surface area contributed by atoms with Gasteiger partial charge >= 0.3 is 17.9 Å². The molecule has 0 aromatic heterocycles. The number of carbonyl (C=O) groups excluding carboxylic acids is 3. The van der Waals surface area contributed by atoms with Crippen LogP contribution < -0.4 is 0 Å². The van der Waals surface area contributed by atoms with Crippen LogP contribution in [0.3, 0.4) is 0 Å². The summed E-state index contributed by atoms with van der Waals surface area (Å²) in [5, 5.41) is 0. The lowest BCUT2D eigenvalue weighted by molar-refractivity contribution is -0.167. The molecule has 0 aromatic rings. The van der Waals surface area contributed by atoms with Gasteiger partial charge in [-0.05, 0) is 31.1 Å². The highest BCUT2D eigenvalue weighted by Gasteiger charge is 2.19. The Morgan fingerprint density at radius 1 is 0.344 bits per heavy atom. The van der Waals surface area contributed by atoms with Gasteiger partial charge in [0.25, 0.3) is 0 Å². The molecule has 0 saturated heterocycles. The largest absolute Gasteiger partial charge is 0.462 e. The number of carbonyl (C=O) groups is 3. The van der Waals surface area contributed by atoms with E-state index in [1.54, 1.807) is 0 Å². The Morgan fingerprint density at radius 3 is 0.934 bits per heavy atom. The van der Waals surface area contributed by atoms with E-state index in [0.29, 0.717) is 19.3 Å². The molecule has 0 radical (unpaired) electrons. The summed E-state index contributed by atoms with van der Waals surface area (Å²) >= 11 is 0. The number of hydrogen-bond acceptors (Lipinski definition) is 6. The van der Waals surface area contributed by atoms with Gasteiger partial charge in [-0.2, -0.15) is 0 Å². The van der Waals surface area contributed by atoms with Crippen molar-refractivity contribution in [3.05, 3.63) is 0 Å². The van der Waals surface area contributed by atoms with Crippen LogP contribution in [-0.4, -0.2) is 37.2 Å². The van der Waals surface area contributed by atoms with Gasteiger partial charge in [0.1, 0.15) is 13.2 Å². The Balaban J connectivity index is 4.12. The second-order valence-corrected chi connectivity index (χ2v) is 19.6. The number of unbranched alkanes of at least 4 members (excludes halogenated alkanes) is 33. The Hall–Kier alpha value is -1.59. The zero-order valence-electron chi connectivity index (χ0n) is 41.8. The molecule has 6 heteroatoms. The third-order valence-electron chi connectivity index (χ3n) is 12.8. The fourth-order valence-electron chi connectivity index (χ4n) is 8.31. The van der Waals surface area contributed by atoms with E-state index in [-0.39, 0.29) is 31.1 Å². The summed E-state index contributed by atoms with van der Waals surface area (Å²) in [4.78, 5) is 37.8. The Labute approximate surface area is 380 Å². The van der Waals surface area contributed by atoms with E-state index in [9.17, 15) is 14.4 Å². The fraction of sp³-hybridized carbons (Fsp3) is 0.945. The summed E-state index contributed by atoms with van der Waals surface area (Å²) in [5.74, 6) is 0.883. The van der Waals surface area contributed by atoms with E-state index in [4.69, 9.17) is 14.2 Å². The minimum atomic E-state index is -0.760. The smallest absolute Gasteiger partial charge is 0.306 e. The van der Waals surface area contributed by atoms with Crippen LogP contribution in [0.15, 0.2) is 0 Å². The third-order valence-corrected chi connectivity index (χ3v) is 12.8. The van der Waals surface area contributed by atoms with Crippen LogP contribution in [0.1, 0.15) is 304 Å². The highest BCUT2D eigenvalue weighted by Crippen LogP contribution is 2.18. The third kappa shape index (κ3) is 47.7. The molecular formula is C55H106O6. The molecule has 0 amide bonds. The van der Waals surface area contributed by atoms with Crippen molar-refractivity contribution in [2.45, 2.75) is 310 Å². The molecule has 362 valence electrons. The molecule has 0 aliphatic carbocycles. The van der Waals surface area contributed by atoms with Crippen LogP contribution in [0.25, 0.3) is 0 Å². The summed E-state index contributed by atoms with van der Waals surface area (Å²) in [6.07, 6.45) is 49.6. The first kappa shape index (κ1) is 59.4. The Bertz CT molecular complexity index is 933. The molecule has 0 N–H and O–H groups in total. The molecule has 0 spiro atoms. The minimum Gasteiger partial charge on any atom is -0.462 e. The van der Waals surface area contributed by atoms with Gasteiger partial charge in [0.05, 0.1) is 0 Å². The molecule has 61 heavy (non-hydrogen) atoms. The van der Waals surface area contributed by atoms with Crippen molar-refractivity contribution in [1.29, 1.82) is 0 Å². The maximum absolute atomic E-state index is 12.8. The van der Waals surface area contributed by atoms with Gasteiger partial charge in [0, 0.05) is 19.3 Å². The highest BCUT2D eigenvalue weighted by atomic mass is 16.6. The van der Waals surface area contributed by atoms with Crippen LogP contribution >= 0.6 is 0 Å². The van der Waals surface area contributed by atoms with Crippen LogP contribution in [0, 0.1) is 11.8 Å². The summed E-state index contributed by atoms with van der Waals surface area (Å²) in [5.41, 5.74) is 0. The monoisotopic (exact) mass is 863 g/mol. The second kappa shape index (κ2) is 47.9. The van der Waals surface area contributed by atoms with Gasteiger partial charge in [0.15, 0.2) is 6.10 Å². The lowest BCUT2D eigenvalue weighted by Gasteiger charge is -2.18. The van der Waals surface area contributed by atoms with Crippen molar-refractivity contribution in [2.24, 2.45) is 11.8 Å². The molecule has 0 rings (SSSR count). The summed E-state index contributed by atoms with van der Waals surface area (Å²) < 4.78 is 16.8. The van der Waals surface area contributed by atoms with E-state index in [0.717, 1.165) is 69.6 Å². The topological polar surface area (TPSA) is 78.9 Å². The zero-order valence-corrected chi connectivity index (χ0v) is 41.8. The molecule has 0 bridgehead atoms. The normalized spacial score (nSPS) is 12.5. The maximum Gasteiger partial charge on any atom is 0.306 e. The molecule has 0 aliphatic heterocycles. The SMILES string of the molecule is CCCCCCCCCC(=O)OC[C@H](COC(=O)CCCCCCCCCCCCCCCCCCCCC(C)CC)OC(=O)CCCCCCCCCCCCCC(C)C. The van der Waals surface area contributed by atoms with E-state index in [1.165, 1.54) is 193 Å². The standard InChI is InChI=1S/C55H106O6/c1-6-8-9-10-28-35-40-45-53(56)59-48-52(61-55(58)47-42-37-32-27-23-19-20-24-29-33-38-43-50(3)4)49-60-54(57)46-41-36-31-26-22-18-16-14-12-11-13-15-17-21-25-30-34-39-44-51(5)7-2/h50-52H,6-49H2,1-5H3/t51?,52-/m1/s1. The first-order valence-corrected chi connectivity index (χ1v) is 27.3. The number of ether oxygens (including phenoxy) is 3. The van der Waals surface area contributed by atoms with Crippen LogP contribution in [0.2, 0.25) is 0 Å². The molecule has 0 fully saturated rings. The number of rotatable bonds is 49. The van der Waals surface area contributed by atoms with Crippen molar-refractivity contribution in [1.82, 2.24) is 0 Å². The Morgan fingerprint density at radius 2 is 0.623 bits per heavy atom. The summed E-state index contributed by atoms with van der Waals surface area (Å²) in [6.45, 7) is 11.4. The van der Waals surface area contributed by atoms with Crippen molar-refractivity contribution in [3.8, 4) is 0 Å². The molecule has 0 saturated carbocycles. The fourth-order valence-corrected chi connectivity index (χ4v) is 8.31. The molecule has 0 aromatic carbocycles. The van der Waals surface area contributed by atoms with Gasteiger partial charge in [-0.15, -0.1) is 0 Å². The van der Waals surface area contributed by atoms with Crippen molar-refractivity contribution >= 4 is 17.9 Å².